The van der Waals surface area contributed by atoms with Gasteiger partial charge in [0.15, 0.2) is 0 Å². The van der Waals surface area contributed by atoms with E-state index in [0.717, 1.165) is 12.8 Å². The van der Waals surface area contributed by atoms with E-state index in [1.165, 1.54) is 18.4 Å². The lowest BCUT2D eigenvalue weighted by molar-refractivity contribution is -0.160. The number of hydrogen-bond acceptors (Lipinski definition) is 3. The molecule has 0 bridgehead atoms. The zero-order valence-corrected chi connectivity index (χ0v) is 13.7. The van der Waals surface area contributed by atoms with Crippen LogP contribution in [0, 0.1) is 23.7 Å². The van der Waals surface area contributed by atoms with Crippen molar-refractivity contribution in [3.63, 3.8) is 0 Å². The summed E-state index contributed by atoms with van der Waals surface area (Å²) >= 11 is 0. The van der Waals surface area contributed by atoms with Gasteiger partial charge < -0.3 is 9.84 Å². The summed E-state index contributed by atoms with van der Waals surface area (Å²) in [5.41, 5.74) is 1.52. The molecular weight excluding hydrogens is 276 g/mol. The number of aliphatic hydroxyl groups is 1. The second-order valence-electron chi connectivity index (χ2n) is 7.49. The van der Waals surface area contributed by atoms with Gasteiger partial charge in [-0.15, -0.1) is 0 Å². The van der Waals surface area contributed by atoms with E-state index in [2.05, 4.69) is 32.1 Å². The first-order chi connectivity index (χ1) is 10.5. The highest BCUT2D eigenvalue weighted by Gasteiger charge is 2.34. The molecule has 2 aliphatic carbocycles. The lowest BCUT2D eigenvalue weighted by atomic mass is 9.66. The van der Waals surface area contributed by atoms with Crippen LogP contribution in [0.1, 0.15) is 52.4 Å². The number of aliphatic hydroxyl groups excluding tert-OH is 1. The number of esters is 1. The van der Waals surface area contributed by atoms with Crippen molar-refractivity contribution in [2.75, 3.05) is 0 Å². The van der Waals surface area contributed by atoms with Crippen molar-refractivity contribution in [3.8, 4) is 0 Å². The summed E-state index contributed by atoms with van der Waals surface area (Å²) in [6, 6.07) is 0. The highest BCUT2D eigenvalue weighted by atomic mass is 16.5. The fourth-order valence-electron chi connectivity index (χ4n) is 4.44. The fraction of sp³-hybridized carbons (Fsp3) is 0.737. The molecule has 1 N–H and O–H groups in total. The standard InChI is InChI=1S/C19H28O3/c1-12-3-7-18-14(9-12)5-4-13(2)17(18)8-6-16-10-15(20)11-19(21)22-16/h4-5,9,12-13,15-18,20H,3,6-8,10-11H2,1-2H3/t12-,13+,15-,16-,17+,18?/m1/s1. The zero-order chi connectivity index (χ0) is 15.7. The summed E-state index contributed by atoms with van der Waals surface area (Å²) in [5.74, 6) is 2.34. The van der Waals surface area contributed by atoms with Crippen LogP contribution in [-0.2, 0) is 9.53 Å². The molecule has 22 heavy (non-hydrogen) atoms. The van der Waals surface area contributed by atoms with Gasteiger partial charge in [0, 0.05) is 6.42 Å². The van der Waals surface area contributed by atoms with Gasteiger partial charge in [0.05, 0.1) is 12.5 Å². The van der Waals surface area contributed by atoms with Gasteiger partial charge in [0.1, 0.15) is 6.10 Å². The molecule has 1 aliphatic heterocycles. The molecule has 1 saturated heterocycles. The Morgan fingerprint density at radius 1 is 1.27 bits per heavy atom. The molecule has 0 radical (unpaired) electrons. The predicted octanol–water partition coefficient (Wildman–Crippen LogP) is 3.63. The highest BCUT2D eigenvalue weighted by molar-refractivity contribution is 5.70. The molecule has 6 atom stereocenters. The van der Waals surface area contributed by atoms with E-state index in [1.807, 2.05) is 0 Å². The molecule has 0 amide bonds. The summed E-state index contributed by atoms with van der Waals surface area (Å²) in [6.45, 7) is 4.60. The predicted molar refractivity (Wildman–Crippen MR) is 86.1 cm³/mol. The average Bonchev–Trinajstić information content (AvgIpc) is 2.45. The molecule has 0 spiro atoms. The van der Waals surface area contributed by atoms with Crippen molar-refractivity contribution < 1.29 is 14.6 Å². The molecule has 3 nitrogen and oxygen atoms in total. The Kier molecular flexibility index (Phi) is 4.72. The largest absolute Gasteiger partial charge is 0.462 e. The van der Waals surface area contributed by atoms with Crippen molar-refractivity contribution in [2.24, 2.45) is 23.7 Å². The first kappa shape index (κ1) is 15.8. The van der Waals surface area contributed by atoms with Gasteiger partial charge in [-0.05, 0) is 54.9 Å². The smallest absolute Gasteiger partial charge is 0.308 e. The summed E-state index contributed by atoms with van der Waals surface area (Å²) in [6.07, 6.45) is 11.8. The Hall–Kier alpha value is -1.09. The van der Waals surface area contributed by atoms with E-state index in [4.69, 9.17) is 4.74 Å². The maximum absolute atomic E-state index is 11.5. The number of cyclic esters (lactones) is 1. The van der Waals surface area contributed by atoms with Crippen molar-refractivity contribution in [1.82, 2.24) is 0 Å². The summed E-state index contributed by atoms with van der Waals surface area (Å²) in [5, 5.41) is 9.73. The second kappa shape index (κ2) is 6.57. The van der Waals surface area contributed by atoms with Gasteiger partial charge in [-0.25, -0.2) is 0 Å². The maximum atomic E-state index is 11.5. The van der Waals surface area contributed by atoms with Crippen molar-refractivity contribution in [2.45, 2.75) is 64.6 Å². The number of allylic oxidation sites excluding steroid dienone is 4. The molecule has 0 aromatic rings. The number of carbonyl (C=O) groups excluding carboxylic acids is 1. The van der Waals surface area contributed by atoms with Crippen LogP contribution in [0.5, 0.6) is 0 Å². The normalized spacial score (nSPS) is 41.6. The van der Waals surface area contributed by atoms with E-state index in [1.54, 1.807) is 0 Å². The molecule has 3 heteroatoms. The Balaban J connectivity index is 1.63. The van der Waals surface area contributed by atoms with Crippen molar-refractivity contribution in [1.29, 1.82) is 0 Å². The number of carbonyl (C=O) groups is 1. The minimum atomic E-state index is -0.513. The van der Waals surface area contributed by atoms with Crippen LogP contribution in [0.25, 0.3) is 0 Å². The summed E-state index contributed by atoms with van der Waals surface area (Å²) in [7, 11) is 0. The van der Waals surface area contributed by atoms with Gasteiger partial charge in [-0.3, -0.25) is 4.79 Å². The number of ether oxygens (including phenoxy) is 1. The van der Waals surface area contributed by atoms with E-state index in [0.29, 0.717) is 30.1 Å². The monoisotopic (exact) mass is 304 g/mol. The average molecular weight is 304 g/mol. The second-order valence-corrected chi connectivity index (χ2v) is 7.49. The molecule has 3 aliphatic rings. The van der Waals surface area contributed by atoms with Gasteiger partial charge in [-0.1, -0.05) is 32.1 Å². The summed E-state index contributed by atoms with van der Waals surface area (Å²) < 4.78 is 5.40. The molecule has 0 aromatic heterocycles. The molecule has 0 aromatic carbocycles. The van der Waals surface area contributed by atoms with Crippen LogP contribution in [-0.4, -0.2) is 23.3 Å². The minimum absolute atomic E-state index is 0.0932. The maximum Gasteiger partial charge on any atom is 0.308 e. The van der Waals surface area contributed by atoms with E-state index < -0.39 is 6.10 Å². The molecule has 122 valence electrons. The first-order valence-corrected chi connectivity index (χ1v) is 8.80. The SMILES string of the molecule is C[C@H]1C=C2C=C[C@H](C)[C@H](CC[C@@H]3C[C@@H](O)CC(=O)O3)C2CC1. The topological polar surface area (TPSA) is 46.5 Å². The Labute approximate surface area is 133 Å². The number of hydrogen-bond donors (Lipinski definition) is 1. The van der Waals surface area contributed by atoms with E-state index >= 15 is 0 Å². The van der Waals surface area contributed by atoms with Gasteiger partial charge in [0.2, 0.25) is 0 Å². The van der Waals surface area contributed by atoms with E-state index in [-0.39, 0.29) is 18.5 Å². The Morgan fingerprint density at radius 2 is 2.09 bits per heavy atom. The van der Waals surface area contributed by atoms with Gasteiger partial charge in [-0.2, -0.15) is 0 Å². The summed E-state index contributed by atoms with van der Waals surface area (Å²) in [4.78, 5) is 11.5. The zero-order valence-electron chi connectivity index (χ0n) is 13.7. The third-order valence-corrected chi connectivity index (χ3v) is 5.68. The van der Waals surface area contributed by atoms with Crippen LogP contribution in [0.3, 0.4) is 0 Å². The lowest BCUT2D eigenvalue weighted by Crippen LogP contribution is -2.34. The Morgan fingerprint density at radius 3 is 2.86 bits per heavy atom. The van der Waals surface area contributed by atoms with Crippen molar-refractivity contribution >= 4 is 5.97 Å². The molecule has 1 unspecified atom stereocenters. The molecule has 1 heterocycles. The quantitative estimate of drug-likeness (QED) is 0.810. The third-order valence-electron chi connectivity index (χ3n) is 5.68. The van der Waals surface area contributed by atoms with Gasteiger partial charge >= 0.3 is 5.97 Å². The Bertz CT molecular complexity index is 479. The minimum Gasteiger partial charge on any atom is -0.462 e. The fourth-order valence-corrected chi connectivity index (χ4v) is 4.44. The van der Waals surface area contributed by atoms with Crippen LogP contribution >= 0.6 is 0 Å². The van der Waals surface area contributed by atoms with Crippen LogP contribution in [0.4, 0.5) is 0 Å². The highest BCUT2D eigenvalue weighted by Crippen LogP contribution is 2.43. The third kappa shape index (κ3) is 3.45. The first-order valence-electron chi connectivity index (χ1n) is 8.80. The lowest BCUT2D eigenvalue weighted by Gasteiger charge is -2.39. The van der Waals surface area contributed by atoms with Gasteiger partial charge in [0.25, 0.3) is 0 Å². The number of rotatable bonds is 3. The van der Waals surface area contributed by atoms with Crippen molar-refractivity contribution in [3.05, 3.63) is 23.8 Å². The molecular formula is C19H28O3. The van der Waals surface area contributed by atoms with Crippen LogP contribution < -0.4 is 0 Å². The molecule has 0 saturated carbocycles. The number of fused-ring (bicyclic) bond motifs is 1. The van der Waals surface area contributed by atoms with Crippen LogP contribution in [0.15, 0.2) is 23.8 Å². The molecule has 1 fully saturated rings. The van der Waals surface area contributed by atoms with Crippen LogP contribution in [0.2, 0.25) is 0 Å². The van der Waals surface area contributed by atoms with E-state index in [9.17, 15) is 9.90 Å². The molecule has 3 rings (SSSR count).